The zero-order chi connectivity index (χ0) is 23.0. The van der Waals surface area contributed by atoms with Gasteiger partial charge in [0.2, 0.25) is 0 Å². The lowest BCUT2D eigenvalue weighted by atomic mass is 10.2. The summed E-state index contributed by atoms with van der Waals surface area (Å²) in [5, 5.41) is 3.07. The fourth-order valence-electron chi connectivity index (χ4n) is 2.88. The van der Waals surface area contributed by atoms with Gasteiger partial charge in [-0.2, -0.15) is 0 Å². The van der Waals surface area contributed by atoms with Gasteiger partial charge in [0.05, 0.1) is 28.6 Å². The number of benzene rings is 3. The van der Waals surface area contributed by atoms with Crippen LogP contribution in [0, 0.1) is 0 Å². The number of amides is 1. The number of halogens is 1. The summed E-state index contributed by atoms with van der Waals surface area (Å²) in [4.78, 5) is 33.0. The molecule has 3 aromatic carbocycles. The Hall–Kier alpha value is -4.23. The van der Waals surface area contributed by atoms with Crippen molar-refractivity contribution in [3.63, 3.8) is 0 Å². The summed E-state index contributed by atoms with van der Waals surface area (Å²) >= 11 is 6.05. The maximum Gasteiger partial charge on any atom is 0.331 e. The van der Waals surface area contributed by atoms with E-state index < -0.39 is 18.5 Å². The van der Waals surface area contributed by atoms with Crippen LogP contribution in [0.15, 0.2) is 85.1 Å². The molecular formula is C25H18ClN3O4. The molecule has 0 radical (unpaired) electrons. The number of carbonyl (C=O) groups excluding carboxylic acids is 2. The van der Waals surface area contributed by atoms with Gasteiger partial charge in [0.25, 0.3) is 5.91 Å². The second-order valence-electron chi connectivity index (χ2n) is 6.83. The van der Waals surface area contributed by atoms with Crippen molar-refractivity contribution >= 4 is 46.3 Å². The van der Waals surface area contributed by atoms with E-state index >= 15 is 0 Å². The number of esters is 1. The average Bonchev–Trinajstić information content (AvgIpc) is 2.83. The first-order valence-electron chi connectivity index (χ1n) is 9.96. The highest BCUT2D eigenvalue weighted by Gasteiger charge is 2.11. The molecule has 0 saturated carbocycles. The number of hydrogen-bond acceptors (Lipinski definition) is 6. The van der Waals surface area contributed by atoms with E-state index in [0.717, 1.165) is 5.52 Å². The number of ether oxygens (including phenoxy) is 2. The van der Waals surface area contributed by atoms with Crippen molar-refractivity contribution in [3.8, 4) is 11.5 Å². The number of nitrogens with zero attached hydrogens (tertiary/aromatic N) is 2. The molecule has 0 fully saturated rings. The van der Waals surface area contributed by atoms with E-state index in [0.29, 0.717) is 33.4 Å². The van der Waals surface area contributed by atoms with E-state index in [1.807, 2.05) is 42.5 Å². The molecule has 0 aliphatic carbocycles. The summed E-state index contributed by atoms with van der Waals surface area (Å²) < 4.78 is 10.8. The van der Waals surface area contributed by atoms with Crippen molar-refractivity contribution < 1.29 is 19.1 Å². The van der Waals surface area contributed by atoms with Crippen LogP contribution in [0.4, 0.5) is 5.69 Å². The van der Waals surface area contributed by atoms with E-state index in [-0.39, 0.29) is 0 Å². The number of hydrogen-bond donors (Lipinski definition) is 1. The molecule has 1 amide bonds. The summed E-state index contributed by atoms with van der Waals surface area (Å²) in [6.45, 7) is -0.482. The Balaban J connectivity index is 1.34. The van der Waals surface area contributed by atoms with Gasteiger partial charge in [0, 0.05) is 11.1 Å². The van der Waals surface area contributed by atoms with E-state index in [9.17, 15) is 9.59 Å². The monoisotopic (exact) mass is 459 g/mol. The molecule has 33 heavy (non-hydrogen) atoms. The molecule has 1 aromatic heterocycles. The van der Waals surface area contributed by atoms with Crippen LogP contribution >= 0.6 is 11.6 Å². The highest BCUT2D eigenvalue weighted by atomic mass is 35.5. The lowest BCUT2D eigenvalue weighted by molar-refractivity contribution is -0.142. The van der Waals surface area contributed by atoms with Gasteiger partial charge in [-0.3, -0.25) is 9.78 Å². The summed E-state index contributed by atoms with van der Waals surface area (Å²) in [7, 11) is 0. The second-order valence-corrected chi connectivity index (χ2v) is 7.26. The molecule has 4 aromatic rings. The Kier molecular flexibility index (Phi) is 6.92. The number of para-hydroxylation sites is 3. The van der Waals surface area contributed by atoms with Crippen LogP contribution in [-0.4, -0.2) is 28.5 Å². The summed E-state index contributed by atoms with van der Waals surface area (Å²) in [6, 6.07) is 21.4. The second kappa shape index (κ2) is 10.4. The van der Waals surface area contributed by atoms with Crippen LogP contribution < -0.4 is 10.1 Å². The van der Waals surface area contributed by atoms with Gasteiger partial charge in [0.15, 0.2) is 12.4 Å². The van der Waals surface area contributed by atoms with Crippen molar-refractivity contribution in [1.29, 1.82) is 0 Å². The molecule has 1 heterocycles. The summed E-state index contributed by atoms with van der Waals surface area (Å²) in [6.07, 6.45) is 4.21. The average molecular weight is 460 g/mol. The lowest BCUT2D eigenvalue weighted by Gasteiger charge is -2.12. The van der Waals surface area contributed by atoms with Crippen LogP contribution in [0.5, 0.6) is 11.5 Å². The Morgan fingerprint density at radius 2 is 1.73 bits per heavy atom. The largest absolute Gasteiger partial charge is 0.455 e. The Labute approximate surface area is 194 Å². The van der Waals surface area contributed by atoms with Crippen LogP contribution in [-0.2, 0) is 14.3 Å². The van der Waals surface area contributed by atoms with Crippen LogP contribution in [0.25, 0.3) is 17.1 Å². The zero-order valence-electron chi connectivity index (χ0n) is 17.3. The SMILES string of the molecule is O=C(COC(=O)/C=C/c1cnc2ccccc2n1)Nc1cc(Cl)ccc1Oc1ccccc1. The third kappa shape index (κ3) is 6.15. The quantitative estimate of drug-likeness (QED) is 0.299. The normalized spacial score (nSPS) is 10.8. The molecule has 4 rings (SSSR count). The third-order valence-corrected chi connectivity index (χ3v) is 4.62. The first kappa shape index (κ1) is 22.0. The molecule has 0 bridgehead atoms. The maximum absolute atomic E-state index is 12.3. The van der Waals surface area contributed by atoms with Crippen molar-refractivity contribution in [2.24, 2.45) is 0 Å². The molecule has 0 atom stereocenters. The van der Waals surface area contributed by atoms with Crippen molar-refractivity contribution in [3.05, 3.63) is 95.8 Å². The number of anilines is 1. The zero-order valence-corrected chi connectivity index (χ0v) is 18.0. The molecule has 0 saturated heterocycles. The van der Waals surface area contributed by atoms with Gasteiger partial charge in [-0.25, -0.2) is 9.78 Å². The van der Waals surface area contributed by atoms with Gasteiger partial charge >= 0.3 is 5.97 Å². The highest BCUT2D eigenvalue weighted by Crippen LogP contribution is 2.32. The molecule has 0 aliphatic heterocycles. The molecule has 0 unspecified atom stereocenters. The molecule has 8 heteroatoms. The topological polar surface area (TPSA) is 90.4 Å². The van der Waals surface area contributed by atoms with Crippen LogP contribution in [0.2, 0.25) is 5.02 Å². The first-order valence-corrected chi connectivity index (χ1v) is 10.3. The summed E-state index contributed by atoms with van der Waals surface area (Å²) in [5.41, 5.74) is 2.32. The van der Waals surface area contributed by atoms with Crippen molar-refractivity contribution in [2.45, 2.75) is 0 Å². The molecular weight excluding hydrogens is 442 g/mol. The Morgan fingerprint density at radius 1 is 0.970 bits per heavy atom. The standard InChI is InChI=1S/C25H18ClN3O4/c26-17-10-12-23(33-19-6-2-1-3-7-19)22(14-17)29-24(30)16-32-25(31)13-11-18-15-27-20-8-4-5-9-21(20)28-18/h1-15H,16H2,(H,29,30)/b13-11+. The minimum atomic E-state index is -0.688. The minimum absolute atomic E-state index is 0.356. The fraction of sp³-hybridized carbons (Fsp3) is 0.0400. The predicted octanol–water partition coefficient (Wildman–Crippen LogP) is 5.27. The first-order chi connectivity index (χ1) is 16.1. The Morgan fingerprint density at radius 3 is 2.55 bits per heavy atom. The van der Waals surface area contributed by atoms with Gasteiger partial charge in [-0.1, -0.05) is 41.9 Å². The third-order valence-electron chi connectivity index (χ3n) is 4.39. The van der Waals surface area contributed by atoms with Gasteiger partial charge in [-0.05, 0) is 48.5 Å². The van der Waals surface area contributed by atoms with Gasteiger partial charge < -0.3 is 14.8 Å². The van der Waals surface area contributed by atoms with E-state index in [4.69, 9.17) is 21.1 Å². The number of aromatic nitrogens is 2. The fourth-order valence-corrected chi connectivity index (χ4v) is 3.05. The van der Waals surface area contributed by atoms with E-state index in [2.05, 4.69) is 15.3 Å². The smallest absolute Gasteiger partial charge is 0.331 e. The molecule has 0 spiro atoms. The molecule has 0 aliphatic rings. The highest BCUT2D eigenvalue weighted by molar-refractivity contribution is 6.31. The number of nitrogens with one attached hydrogen (secondary N) is 1. The summed E-state index contributed by atoms with van der Waals surface area (Å²) in [5.74, 6) is -0.224. The predicted molar refractivity (Wildman–Crippen MR) is 126 cm³/mol. The number of fused-ring (bicyclic) bond motifs is 1. The van der Waals surface area contributed by atoms with Gasteiger partial charge in [-0.15, -0.1) is 0 Å². The van der Waals surface area contributed by atoms with Gasteiger partial charge in [0.1, 0.15) is 5.75 Å². The van der Waals surface area contributed by atoms with Crippen molar-refractivity contribution in [1.82, 2.24) is 9.97 Å². The molecule has 1 N–H and O–H groups in total. The van der Waals surface area contributed by atoms with Crippen molar-refractivity contribution in [2.75, 3.05) is 11.9 Å². The van der Waals surface area contributed by atoms with Crippen LogP contribution in [0.3, 0.4) is 0 Å². The maximum atomic E-state index is 12.3. The lowest BCUT2D eigenvalue weighted by Crippen LogP contribution is -2.20. The van der Waals surface area contributed by atoms with Crippen LogP contribution in [0.1, 0.15) is 5.69 Å². The Bertz CT molecular complexity index is 1330. The molecule has 164 valence electrons. The number of rotatable bonds is 7. The minimum Gasteiger partial charge on any atom is -0.455 e. The number of carbonyl (C=O) groups is 2. The molecule has 7 nitrogen and oxygen atoms in total. The van der Waals surface area contributed by atoms with E-state index in [1.165, 1.54) is 12.2 Å². The van der Waals surface area contributed by atoms with E-state index in [1.54, 1.807) is 36.5 Å².